The number of rotatable bonds is 8. The quantitative estimate of drug-likeness (QED) is 0.726. The Kier molecular flexibility index (Phi) is 6.67. The van der Waals surface area contributed by atoms with E-state index in [0.29, 0.717) is 5.75 Å². The molecule has 0 spiro atoms. The SMILES string of the molecule is CNc1nnc(SCC(=O)N[C@H](C)CCc2ccccc2)s1. The van der Waals surface area contributed by atoms with Crippen molar-refractivity contribution in [2.24, 2.45) is 0 Å². The van der Waals surface area contributed by atoms with E-state index < -0.39 is 0 Å². The first-order chi connectivity index (χ1) is 10.7. The third-order valence-electron chi connectivity index (χ3n) is 3.06. The van der Waals surface area contributed by atoms with Crippen LogP contribution < -0.4 is 10.6 Å². The molecule has 118 valence electrons. The minimum Gasteiger partial charge on any atom is -0.363 e. The second kappa shape index (κ2) is 8.75. The number of carbonyl (C=O) groups is 1. The maximum absolute atomic E-state index is 11.9. The minimum atomic E-state index is 0.0340. The van der Waals surface area contributed by atoms with Crippen molar-refractivity contribution < 1.29 is 4.79 Å². The molecule has 0 aliphatic carbocycles. The average molecular weight is 336 g/mol. The number of hydrogen-bond donors (Lipinski definition) is 2. The van der Waals surface area contributed by atoms with Crippen LogP contribution in [-0.4, -0.2) is 34.9 Å². The first-order valence-electron chi connectivity index (χ1n) is 7.14. The van der Waals surface area contributed by atoms with Crippen LogP contribution in [0.15, 0.2) is 34.7 Å². The van der Waals surface area contributed by atoms with E-state index in [1.54, 1.807) is 7.05 Å². The normalized spacial score (nSPS) is 11.9. The number of carbonyl (C=O) groups excluding carboxylic acids is 1. The van der Waals surface area contributed by atoms with Gasteiger partial charge >= 0.3 is 0 Å². The predicted molar refractivity (Wildman–Crippen MR) is 92.5 cm³/mol. The van der Waals surface area contributed by atoms with Gasteiger partial charge in [0, 0.05) is 13.1 Å². The van der Waals surface area contributed by atoms with E-state index in [1.165, 1.54) is 28.7 Å². The lowest BCUT2D eigenvalue weighted by Gasteiger charge is -2.13. The van der Waals surface area contributed by atoms with Gasteiger partial charge in [0.1, 0.15) is 0 Å². The molecular formula is C15H20N4OS2. The summed E-state index contributed by atoms with van der Waals surface area (Å²) in [6, 6.07) is 10.5. The summed E-state index contributed by atoms with van der Waals surface area (Å²) in [6.07, 6.45) is 1.90. The molecule has 0 fully saturated rings. The zero-order chi connectivity index (χ0) is 15.8. The lowest BCUT2D eigenvalue weighted by molar-refractivity contribution is -0.119. The highest BCUT2D eigenvalue weighted by Gasteiger charge is 2.10. The van der Waals surface area contributed by atoms with Crippen molar-refractivity contribution in [2.45, 2.75) is 30.1 Å². The summed E-state index contributed by atoms with van der Waals surface area (Å²) in [7, 11) is 1.80. The lowest BCUT2D eigenvalue weighted by Crippen LogP contribution is -2.34. The predicted octanol–water partition coefficient (Wildman–Crippen LogP) is 2.81. The highest BCUT2D eigenvalue weighted by atomic mass is 32.2. The Hall–Kier alpha value is -1.60. The minimum absolute atomic E-state index is 0.0340. The number of amides is 1. The van der Waals surface area contributed by atoms with E-state index >= 15 is 0 Å². The van der Waals surface area contributed by atoms with Crippen molar-refractivity contribution in [3.05, 3.63) is 35.9 Å². The van der Waals surface area contributed by atoms with Crippen molar-refractivity contribution in [2.75, 3.05) is 18.1 Å². The van der Waals surface area contributed by atoms with Crippen LogP contribution in [0.3, 0.4) is 0 Å². The summed E-state index contributed by atoms with van der Waals surface area (Å²) in [4.78, 5) is 11.9. The zero-order valence-electron chi connectivity index (χ0n) is 12.7. The molecule has 0 unspecified atom stereocenters. The van der Waals surface area contributed by atoms with Crippen LogP contribution in [0.5, 0.6) is 0 Å². The van der Waals surface area contributed by atoms with Crippen molar-refractivity contribution in [3.63, 3.8) is 0 Å². The first kappa shape index (κ1) is 16.8. The molecule has 7 heteroatoms. The van der Waals surface area contributed by atoms with Gasteiger partial charge in [0.05, 0.1) is 5.75 Å². The average Bonchev–Trinajstić information content (AvgIpc) is 3.00. The van der Waals surface area contributed by atoms with E-state index in [1.807, 2.05) is 25.1 Å². The van der Waals surface area contributed by atoms with Gasteiger partial charge in [-0.3, -0.25) is 4.79 Å². The van der Waals surface area contributed by atoms with Crippen LogP contribution in [0.25, 0.3) is 0 Å². The van der Waals surface area contributed by atoms with Gasteiger partial charge in [0.15, 0.2) is 4.34 Å². The number of anilines is 1. The van der Waals surface area contributed by atoms with Crippen LogP contribution in [0, 0.1) is 0 Å². The topological polar surface area (TPSA) is 66.9 Å². The van der Waals surface area contributed by atoms with Crippen LogP contribution in [0.4, 0.5) is 5.13 Å². The third kappa shape index (κ3) is 5.65. The molecule has 0 saturated heterocycles. The van der Waals surface area contributed by atoms with E-state index in [-0.39, 0.29) is 11.9 Å². The van der Waals surface area contributed by atoms with Crippen molar-refractivity contribution >= 4 is 34.1 Å². The van der Waals surface area contributed by atoms with E-state index in [0.717, 1.165) is 22.3 Å². The van der Waals surface area contributed by atoms with Crippen molar-refractivity contribution in [1.82, 2.24) is 15.5 Å². The molecule has 5 nitrogen and oxygen atoms in total. The highest BCUT2D eigenvalue weighted by Crippen LogP contribution is 2.24. The summed E-state index contributed by atoms with van der Waals surface area (Å²) in [6.45, 7) is 2.04. The molecule has 2 rings (SSSR count). The molecule has 0 aliphatic rings. The van der Waals surface area contributed by atoms with Gasteiger partial charge in [-0.25, -0.2) is 0 Å². The second-order valence-corrected chi connectivity index (χ2v) is 7.10. The molecule has 2 aromatic rings. The Morgan fingerprint density at radius 1 is 1.32 bits per heavy atom. The summed E-state index contributed by atoms with van der Waals surface area (Å²) in [5.41, 5.74) is 1.30. The van der Waals surface area contributed by atoms with Crippen LogP contribution in [0.2, 0.25) is 0 Å². The van der Waals surface area contributed by atoms with Crippen LogP contribution in [0.1, 0.15) is 18.9 Å². The van der Waals surface area contributed by atoms with Gasteiger partial charge in [0.25, 0.3) is 0 Å². The van der Waals surface area contributed by atoms with Crippen LogP contribution >= 0.6 is 23.1 Å². The number of thioether (sulfide) groups is 1. The number of nitrogens with zero attached hydrogens (tertiary/aromatic N) is 2. The fraction of sp³-hybridized carbons (Fsp3) is 0.400. The lowest BCUT2D eigenvalue weighted by atomic mass is 10.1. The number of hydrogen-bond acceptors (Lipinski definition) is 6. The van der Waals surface area contributed by atoms with E-state index in [4.69, 9.17) is 0 Å². The zero-order valence-corrected chi connectivity index (χ0v) is 14.3. The number of aryl methyl sites for hydroxylation is 1. The van der Waals surface area contributed by atoms with Gasteiger partial charge in [0.2, 0.25) is 11.0 Å². The highest BCUT2D eigenvalue weighted by molar-refractivity contribution is 8.01. The molecule has 2 N–H and O–H groups in total. The first-order valence-corrected chi connectivity index (χ1v) is 8.95. The van der Waals surface area contributed by atoms with E-state index in [9.17, 15) is 4.79 Å². The Morgan fingerprint density at radius 2 is 2.09 bits per heavy atom. The molecule has 0 radical (unpaired) electrons. The molecule has 0 bridgehead atoms. The van der Waals surface area contributed by atoms with Crippen molar-refractivity contribution in [3.8, 4) is 0 Å². The summed E-state index contributed by atoms with van der Waals surface area (Å²) < 4.78 is 0.802. The van der Waals surface area contributed by atoms with Gasteiger partial charge in [-0.1, -0.05) is 53.4 Å². The molecule has 1 amide bonds. The summed E-state index contributed by atoms with van der Waals surface area (Å²) in [5, 5.41) is 14.7. The number of benzene rings is 1. The molecule has 1 atom stereocenters. The summed E-state index contributed by atoms with van der Waals surface area (Å²) in [5.74, 6) is 0.403. The fourth-order valence-corrected chi connectivity index (χ4v) is 3.43. The Balaban J connectivity index is 1.67. The van der Waals surface area contributed by atoms with Gasteiger partial charge < -0.3 is 10.6 Å². The maximum Gasteiger partial charge on any atom is 0.230 e. The second-order valence-electron chi connectivity index (χ2n) is 4.90. The number of aromatic nitrogens is 2. The monoisotopic (exact) mass is 336 g/mol. The largest absolute Gasteiger partial charge is 0.363 e. The van der Waals surface area contributed by atoms with Gasteiger partial charge in [-0.15, -0.1) is 10.2 Å². The fourth-order valence-electron chi connectivity index (χ4n) is 1.91. The standard InChI is InChI=1S/C15H20N4OS2/c1-11(8-9-12-6-4-3-5-7-12)17-13(20)10-21-15-19-18-14(16-2)22-15/h3-7,11H,8-10H2,1-2H3,(H,16,18)(H,17,20)/t11-/m1/s1. The molecule has 0 aliphatic heterocycles. The number of nitrogens with one attached hydrogen (secondary N) is 2. The Morgan fingerprint density at radius 3 is 2.77 bits per heavy atom. The Bertz CT molecular complexity index is 588. The van der Waals surface area contributed by atoms with Gasteiger partial charge in [-0.2, -0.15) is 0 Å². The molecule has 1 aromatic carbocycles. The van der Waals surface area contributed by atoms with Crippen molar-refractivity contribution in [1.29, 1.82) is 0 Å². The van der Waals surface area contributed by atoms with Crippen LogP contribution in [-0.2, 0) is 11.2 Å². The third-order valence-corrected chi connectivity index (χ3v) is 5.14. The molecule has 1 aromatic heterocycles. The summed E-state index contributed by atoms with van der Waals surface area (Å²) >= 11 is 2.86. The Labute approximate surface area is 138 Å². The van der Waals surface area contributed by atoms with E-state index in [2.05, 4.69) is 33.0 Å². The molecule has 1 heterocycles. The van der Waals surface area contributed by atoms with Gasteiger partial charge in [-0.05, 0) is 25.3 Å². The molecule has 0 saturated carbocycles. The molecule has 22 heavy (non-hydrogen) atoms. The smallest absolute Gasteiger partial charge is 0.230 e. The maximum atomic E-state index is 11.9. The molecular weight excluding hydrogens is 316 g/mol.